The second kappa shape index (κ2) is 8.01. The van der Waals surface area contributed by atoms with Crippen LogP contribution in [-0.4, -0.2) is 75.9 Å². The maximum Gasteiger partial charge on any atom is 0.0630 e. The molecule has 1 unspecified atom stereocenters. The van der Waals surface area contributed by atoms with E-state index in [2.05, 4.69) is 29.1 Å². The van der Waals surface area contributed by atoms with E-state index in [1.54, 1.807) is 7.11 Å². The van der Waals surface area contributed by atoms with Gasteiger partial charge in [-0.15, -0.1) is 0 Å². The van der Waals surface area contributed by atoms with Gasteiger partial charge in [-0.1, -0.05) is 6.92 Å². The van der Waals surface area contributed by atoms with E-state index in [0.29, 0.717) is 6.04 Å². The molecule has 0 aromatic carbocycles. The molecule has 1 saturated heterocycles. The molecule has 1 rings (SSSR count). The molecule has 4 heteroatoms. The summed E-state index contributed by atoms with van der Waals surface area (Å²) in [5, 5.41) is 3.49. The van der Waals surface area contributed by atoms with Crippen LogP contribution in [0.4, 0.5) is 0 Å². The Morgan fingerprint density at radius 1 is 1.25 bits per heavy atom. The number of likely N-dealkylation sites (N-methyl/N-ethyl adjacent to an activating group) is 1. The zero-order chi connectivity index (χ0) is 11.8. The molecular weight excluding hydrogens is 202 g/mol. The predicted octanol–water partition coefficient (Wildman–Crippen LogP) is 0.248. The topological polar surface area (TPSA) is 27.7 Å². The fourth-order valence-corrected chi connectivity index (χ4v) is 2.12. The first-order valence-electron chi connectivity index (χ1n) is 6.40. The van der Waals surface area contributed by atoms with Crippen molar-refractivity contribution in [1.82, 2.24) is 15.1 Å². The summed E-state index contributed by atoms with van der Waals surface area (Å²) >= 11 is 0. The largest absolute Gasteiger partial charge is 0.383 e. The van der Waals surface area contributed by atoms with Gasteiger partial charge in [-0.2, -0.15) is 0 Å². The molecule has 1 fully saturated rings. The van der Waals surface area contributed by atoms with E-state index >= 15 is 0 Å². The first-order valence-corrected chi connectivity index (χ1v) is 6.40. The van der Waals surface area contributed by atoms with Crippen molar-refractivity contribution in [3.05, 3.63) is 0 Å². The Kier molecular flexibility index (Phi) is 6.96. The summed E-state index contributed by atoms with van der Waals surface area (Å²) in [5.41, 5.74) is 0. The lowest BCUT2D eigenvalue weighted by Gasteiger charge is -2.37. The molecule has 16 heavy (non-hydrogen) atoms. The number of hydrogen-bond donors (Lipinski definition) is 1. The molecule has 0 aromatic rings. The van der Waals surface area contributed by atoms with Gasteiger partial charge in [0.05, 0.1) is 6.61 Å². The molecule has 96 valence electrons. The molecular formula is C12H27N3O. The van der Waals surface area contributed by atoms with Crippen LogP contribution in [0, 0.1) is 0 Å². The normalized spacial score (nSPS) is 21.2. The fraction of sp³-hybridized carbons (Fsp3) is 1.00. The second-order valence-corrected chi connectivity index (χ2v) is 4.65. The smallest absolute Gasteiger partial charge is 0.0630 e. The van der Waals surface area contributed by atoms with Crippen molar-refractivity contribution in [2.75, 3.05) is 60.0 Å². The van der Waals surface area contributed by atoms with Gasteiger partial charge in [0.2, 0.25) is 0 Å². The minimum atomic E-state index is 0.533. The van der Waals surface area contributed by atoms with Crippen LogP contribution in [-0.2, 0) is 4.74 Å². The van der Waals surface area contributed by atoms with Gasteiger partial charge in [-0.25, -0.2) is 0 Å². The molecule has 0 radical (unpaired) electrons. The predicted molar refractivity (Wildman–Crippen MR) is 67.9 cm³/mol. The molecule has 0 aromatic heterocycles. The summed E-state index contributed by atoms with van der Waals surface area (Å²) < 4.78 is 5.32. The van der Waals surface area contributed by atoms with E-state index in [4.69, 9.17) is 4.74 Å². The number of nitrogens with one attached hydrogen (secondary N) is 1. The summed E-state index contributed by atoms with van der Waals surface area (Å²) in [6.45, 7) is 9.87. The van der Waals surface area contributed by atoms with Crippen LogP contribution < -0.4 is 5.32 Å². The highest BCUT2D eigenvalue weighted by Gasteiger charge is 2.21. The Balaban J connectivity index is 2.30. The minimum Gasteiger partial charge on any atom is -0.383 e. The van der Waals surface area contributed by atoms with Crippen LogP contribution in [0.15, 0.2) is 0 Å². The van der Waals surface area contributed by atoms with Crippen molar-refractivity contribution in [2.24, 2.45) is 0 Å². The standard InChI is InChI=1S/C12H27N3O/c1-4-5-13-10-12(11-16-3)15-8-6-14(2)7-9-15/h12-13H,4-11H2,1-3H3. The quantitative estimate of drug-likeness (QED) is 0.633. The summed E-state index contributed by atoms with van der Waals surface area (Å²) in [7, 11) is 3.99. The van der Waals surface area contributed by atoms with Gasteiger partial charge in [-0.05, 0) is 20.0 Å². The highest BCUT2D eigenvalue weighted by Crippen LogP contribution is 2.05. The Morgan fingerprint density at radius 2 is 1.94 bits per heavy atom. The Labute approximate surface area is 99.9 Å². The number of rotatable bonds is 7. The third-order valence-electron chi connectivity index (χ3n) is 3.22. The maximum absolute atomic E-state index is 5.32. The Morgan fingerprint density at radius 3 is 2.50 bits per heavy atom. The molecule has 1 heterocycles. The Bertz CT molecular complexity index is 170. The van der Waals surface area contributed by atoms with Crippen molar-refractivity contribution in [3.8, 4) is 0 Å². The summed E-state index contributed by atoms with van der Waals surface area (Å²) in [5.74, 6) is 0. The fourth-order valence-electron chi connectivity index (χ4n) is 2.12. The van der Waals surface area contributed by atoms with Gasteiger partial charge in [-0.3, -0.25) is 4.90 Å². The zero-order valence-corrected chi connectivity index (χ0v) is 11.0. The lowest BCUT2D eigenvalue weighted by atomic mass is 10.2. The van der Waals surface area contributed by atoms with Gasteiger partial charge in [0, 0.05) is 45.9 Å². The van der Waals surface area contributed by atoms with Crippen molar-refractivity contribution < 1.29 is 4.74 Å². The monoisotopic (exact) mass is 229 g/mol. The highest BCUT2D eigenvalue weighted by atomic mass is 16.5. The number of ether oxygens (including phenoxy) is 1. The van der Waals surface area contributed by atoms with Crippen LogP contribution in [0.2, 0.25) is 0 Å². The van der Waals surface area contributed by atoms with Crippen molar-refractivity contribution in [2.45, 2.75) is 19.4 Å². The van der Waals surface area contributed by atoms with Crippen LogP contribution in [0.1, 0.15) is 13.3 Å². The van der Waals surface area contributed by atoms with E-state index < -0.39 is 0 Å². The van der Waals surface area contributed by atoms with Gasteiger partial charge in [0.25, 0.3) is 0 Å². The average Bonchev–Trinajstić information content (AvgIpc) is 2.29. The van der Waals surface area contributed by atoms with Gasteiger partial charge < -0.3 is 15.0 Å². The first kappa shape index (κ1) is 13.9. The van der Waals surface area contributed by atoms with Crippen molar-refractivity contribution in [1.29, 1.82) is 0 Å². The molecule has 0 amide bonds. The van der Waals surface area contributed by atoms with Crippen molar-refractivity contribution >= 4 is 0 Å². The van der Waals surface area contributed by atoms with E-state index in [1.807, 2.05) is 0 Å². The molecule has 1 N–H and O–H groups in total. The lowest BCUT2D eigenvalue weighted by Crippen LogP contribution is -2.53. The van der Waals surface area contributed by atoms with E-state index in [0.717, 1.165) is 19.7 Å². The Hall–Kier alpha value is -0.160. The third-order valence-corrected chi connectivity index (χ3v) is 3.22. The van der Waals surface area contributed by atoms with Crippen LogP contribution in [0.25, 0.3) is 0 Å². The number of hydrogen-bond acceptors (Lipinski definition) is 4. The summed E-state index contributed by atoms with van der Waals surface area (Å²) in [4.78, 5) is 4.94. The molecule has 4 nitrogen and oxygen atoms in total. The van der Waals surface area contributed by atoms with E-state index in [-0.39, 0.29) is 0 Å². The van der Waals surface area contributed by atoms with Crippen LogP contribution >= 0.6 is 0 Å². The van der Waals surface area contributed by atoms with Crippen LogP contribution in [0.5, 0.6) is 0 Å². The zero-order valence-electron chi connectivity index (χ0n) is 11.0. The number of piperazine rings is 1. The van der Waals surface area contributed by atoms with E-state index in [1.165, 1.54) is 32.6 Å². The summed E-state index contributed by atoms with van der Waals surface area (Å²) in [6.07, 6.45) is 1.20. The molecule has 0 spiro atoms. The molecule has 1 aliphatic rings. The van der Waals surface area contributed by atoms with Crippen molar-refractivity contribution in [3.63, 3.8) is 0 Å². The lowest BCUT2D eigenvalue weighted by molar-refractivity contribution is 0.0566. The van der Waals surface area contributed by atoms with Crippen LogP contribution in [0.3, 0.4) is 0 Å². The second-order valence-electron chi connectivity index (χ2n) is 4.65. The summed E-state index contributed by atoms with van der Waals surface area (Å²) in [6, 6.07) is 0.533. The third kappa shape index (κ3) is 4.78. The van der Waals surface area contributed by atoms with Gasteiger partial charge in [0.1, 0.15) is 0 Å². The molecule has 1 atom stereocenters. The first-order chi connectivity index (χ1) is 7.77. The number of nitrogens with zero attached hydrogens (tertiary/aromatic N) is 2. The maximum atomic E-state index is 5.32. The molecule has 1 aliphatic heterocycles. The number of methoxy groups -OCH3 is 1. The average molecular weight is 229 g/mol. The SMILES string of the molecule is CCCNCC(COC)N1CCN(C)CC1. The highest BCUT2D eigenvalue weighted by molar-refractivity contribution is 4.78. The van der Waals surface area contributed by atoms with E-state index in [9.17, 15) is 0 Å². The minimum absolute atomic E-state index is 0.533. The molecule has 0 aliphatic carbocycles. The van der Waals surface area contributed by atoms with Gasteiger partial charge in [0.15, 0.2) is 0 Å². The molecule has 0 bridgehead atoms. The molecule has 0 saturated carbocycles. The van der Waals surface area contributed by atoms with Gasteiger partial charge >= 0.3 is 0 Å².